The Kier molecular flexibility index (Phi) is 3.83. The largest absolute Gasteiger partial charge is 0.321 e. The molecule has 1 nitrogen and oxygen atoms in total. The number of thioether (sulfide) groups is 1. The van der Waals surface area contributed by atoms with Gasteiger partial charge in [-0.3, -0.25) is 0 Å². The second-order valence-electron chi connectivity index (χ2n) is 4.60. The summed E-state index contributed by atoms with van der Waals surface area (Å²) in [4.78, 5) is 1.21. The van der Waals surface area contributed by atoms with E-state index < -0.39 is 0 Å². The van der Waals surface area contributed by atoms with Crippen molar-refractivity contribution in [1.82, 2.24) is 0 Å². The molecule has 0 radical (unpaired) electrons. The molecule has 3 heteroatoms. The predicted molar refractivity (Wildman–Crippen MR) is 72.2 cm³/mol. The molecule has 0 heterocycles. The van der Waals surface area contributed by atoms with Gasteiger partial charge in [0, 0.05) is 15.5 Å². The summed E-state index contributed by atoms with van der Waals surface area (Å²) in [6.45, 7) is 0. The van der Waals surface area contributed by atoms with Crippen molar-refractivity contribution in [2.24, 2.45) is 5.73 Å². The Balaban J connectivity index is 2.34. The number of halogens is 1. The van der Waals surface area contributed by atoms with Gasteiger partial charge < -0.3 is 5.73 Å². The number of rotatable bonds is 2. The van der Waals surface area contributed by atoms with E-state index in [0.717, 1.165) is 17.9 Å². The van der Waals surface area contributed by atoms with Gasteiger partial charge in [-0.2, -0.15) is 0 Å². The van der Waals surface area contributed by atoms with Crippen LogP contribution < -0.4 is 5.73 Å². The van der Waals surface area contributed by atoms with E-state index in [2.05, 4.69) is 12.3 Å². The van der Waals surface area contributed by atoms with Gasteiger partial charge >= 0.3 is 0 Å². The summed E-state index contributed by atoms with van der Waals surface area (Å²) >= 11 is 7.86. The average Bonchev–Trinajstić information content (AvgIpc) is 2.29. The summed E-state index contributed by atoms with van der Waals surface area (Å²) in [5, 5.41) is 0.803. The molecule has 0 unspecified atom stereocenters. The summed E-state index contributed by atoms with van der Waals surface area (Å²) in [6, 6.07) is 6.23. The molecule has 0 spiro atoms. The first-order valence-electron chi connectivity index (χ1n) is 5.78. The fourth-order valence-corrected chi connectivity index (χ4v) is 3.23. The lowest BCUT2D eigenvalue weighted by molar-refractivity contribution is 0.302. The molecule has 0 amide bonds. The van der Waals surface area contributed by atoms with Crippen LogP contribution >= 0.6 is 23.4 Å². The zero-order valence-electron chi connectivity index (χ0n) is 9.63. The molecule has 0 bridgehead atoms. The molecule has 0 aromatic heterocycles. The van der Waals surface area contributed by atoms with E-state index in [-0.39, 0.29) is 5.54 Å². The lowest BCUT2D eigenvalue weighted by Crippen LogP contribution is -2.38. The molecule has 1 saturated carbocycles. The molecule has 1 aliphatic rings. The van der Waals surface area contributed by atoms with Crippen LogP contribution in [0.2, 0.25) is 5.02 Å². The van der Waals surface area contributed by atoms with Gasteiger partial charge in [-0.1, -0.05) is 30.9 Å². The van der Waals surface area contributed by atoms with Crippen LogP contribution in [0.5, 0.6) is 0 Å². The number of hydrogen-bond donors (Lipinski definition) is 1. The van der Waals surface area contributed by atoms with Crippen LogP contribution in [-0.2, 0) is 5.54 Å². The molecule has 1 aromatic carbocycles. The van der Waals surface area contributed by atoms with E-state index in [9.17, 15) is 0 Å². The Hall–Kier alpha value is -0.180. The molecule has 1 aromatic rings. The summed E-state index contributed by atoms with van der Waals surface area (Å²) in [5.74, 6) is 0. The second kappa shape index (κ2) is 4.99. The molecule has 0 aliphatic heterocycles. The maximum Gasteiger partial charge on any atom is 0.0420 e. The van der Waals surface area contributed by atoms with E-state index in [4.69, 9.17) is 17.3 Å². The summed E-state index contributed by atoms with van der Waals surface area (Å²) in [6.07, 6.45) is 8.02. The topological polar surface area (TPSA) is 26.0 Å². The van der Waals surface area contributed by atoms with Crippen LogP contribution in [-0.4, -0.2) is 6.26 Å². The number of hydrogen-bond acceptors (Lipinski definition) is 2. The smallest absolute Gasteiger partial charge is 0.0420 e. The highest BCUT2D eigenvalue weighted by molar-refractivity contribution is 7.98. The Morgan fingerprint density at radius 1 is 1.19 bits per heavy atom. The number of benzene rings is 1. The van der Waals surface area contributed by atoms with Gasteiger partial charge in [0.05, 0.1) is 0 Å². The molecule has 2 rings (SSSR count). The summed E-state index contributed by atoms with van der Waals surface area (Å²) in [5.41, 5.74) is 7.57. The van der Waals surface area contributed by atoms with Gasteiger partial charge in [-0.05, 0) is 42.9 Å². The lowest BCUT2D eigenvalue weighted by Gasteiger charge is -2.34. The average molecular weight is 256 g/mol. The van der Waals surface area contributed by atoms with Gasteiger partial charge in [-0.25, -0.2) is 0 Å². The normalized spacial score (nSPS) is 19.7. The van der Waals surface area contributed by atoms with Crippen molar-refractivity contribution in [3.63, 3.8) is 0 Å². The minimum Gasteiger partial charge on any atom is -0.321 e. The highest BCUT2D eigenvalue weighted by Gasteiger charge is 2.29. The molecule has 0 atom stereocenters. The highest BCUT2D eigenvalue weighted by atomic mass is 35.5. The molecule has 88 valence electrons. The van der Waals surface area contributed by atoms with Crippen molar-refractivity contribution in [2.45, 2.75) is 42.5 Å². The van der Waals surface area contributed by atoms with Crippen LogP contribution in [0.1, 0.15) is 37.7 Å². The summed E-state index contributed by atoms with van der Waals surface area (Å²) in [7, 11) is 0. The first-order chi connectivity index (χ1) is 7.64. The van der Waals surface area contributed by atoms with Gasteiger partial charge in [0.1, 0.15) is 0 Å². The minimum absolute atomic E-state index is 0.145. The first kappa shape index (κ1) is 12.3. The zero-order valence-corrected chi connectivity index (χ0v) is 11.2. The maximum atomic E-state index is 6.50. The molecular formula is C13H18ClNS. The van der Waals surface area contributed by atoms with Crippen LogP contribution in [0.4, 0.5) is 0 Å². The molecule has 2 N–H and O–H groups in total. The first-order valence-corrected chi connectivity index (χ1v) is 7.38. The zero-order chi connectivity index (χ0) is 11.6. The predicted octanol–water partition coefficient (Wildman–Crippen LogP) is 4.18. The third-order valence-electron chi connectivity index (χ3n) is 3.43. The molecule has 16 heavy (non-hydrogen) atoms. The Labute approximate surface area is 107 Å². The molecule has 0 saturated heterocycles. The minimum atomic E-state index is -0.145. The SMILES string of the molecule is CSc1cc(Cl)cc(C2(N)CCCCC2)c1. The van der Waals surface area contributed by atoms with Crippen molar-refractivity contribution in [3.05, 3.63) is 28.8 Å². The standard InChI is InChI=1S/C13H18ClNS/c1-16-12-8-10(7-11(14)9-12)13(15)5-3-2-4-6-13/h7-9H,2-6,15H2,1H3. The third-order valence-corrected chi connectivity index (χ3v) is 4.35. The van der Waals surface area contributed by atoms with Crippen molar-refractivity contribution in [1.29, 1.82) is 0 Å². The fraction of sp³-hybridized carbons (Fsp3) is 0.538. The van der Waals surface area contributed by atoms with Gasteiger partial charge in [0.25, 0.3) is 0 Å². The van der Waals surface area contributed by atoms with Crippen LogP contribution in [0, 0.1) is 0 Å². The van der Waals surface area contributed by atoms with Gasteiger partial charge in [0.2, 0.25) is 0 Å². The Morgan fingerprint density at radius 2 is 1.88 bits per heavy atom. The number of nitrogens with two attached hydrogens (primary N) is 1. The van der Waals surface area contributed by atoms with E-state index in [0.29, 0.717) is 0 Å². The van der Waals surface area contributed by atoms with E-state index in [1.807, 2.05) is 12.1 Å². The van der Waals surface area contributed by atoms with Gasteiger partial charge in [-0.15, -0.1) is 11.8 Å². The van der Waals surface area contributed by atoms with E-state index in [1.54, 1.807) is 11.8 Å². The van der Waals surface area contributed by atoms with E-state index >= 15 is 0 Å². The van der Waals surface area contributed by atoms with Crippen molar-refractivity contribution in [2.75, 3.05) is 6.26 Å². The monoisotopic (exact) mass is 255 g/mol. The Bertz CT molecular complexity index is 372. The maximum absolute atomic E-state index is 6.50. The third kappa shape index (κ3) is 2.55. The fourth-order valence-electron chi connectivity index (χ4n) is 2.44. The summed E-state index contributed by atoms with van der Waals surface area (Å²) < 4.78 is 0. The second-order valence-corrected chi connectivity index (χ2v) is 5.91. The van der Waals surface area contributed by atoms with Gasteiger partial charge in [0.15, 0.2) is 0 Å². The lowest BCUT2D eigenvalue weighted by atomic mass is 9.77. The Morgan fingerprint density at radius 3 is 2.50 bits per heavy atom. The van der Waals surface area contributed by atoms with Crippen molar-refractivity contribution >= 4 is 23.4 Å². The van der Waals surface area contributed by atoms with Crippen molar-refractivity contribution < 1.29 is 0 Å². The van der Waals surface area contributed by atoms with Crippen molar-refractivity contribution in [3.8, 4) is 0 Å². The van der Waals surface area contributed by atoms with E-state index in [1.165, 1.54) is 29.7 Å². The quantitative estimate of drug-likeness (QED) is 0.803. The molecule has 1 fully saturated rings. The van der Waals surface area contributed by atoms with Crippen LogP contribution in [0.15, 0.2) is 23.1 Å². The van der Waals surface area contributed by atoms with Crippen LogP contribution in [0.25, 0.3) is 0 Å². The molecular weight excluding hydrogens is 238 g/mol. The highest BCUT2D eigenvalue weighted by Crippen LogP contribution is 2.37. The van der Waals surface area contributed by atoms with Crippen LogP contribution in [0.3, 0.4) is 0 Å². The molecule has 1 aliphatic carbocycles.